The van der Waals surface area contributed by atoms with Crippen molar-refractivity contribution in [3.8, 4) is 0 Å². The van der Waals surface area contributed by atoms with Gasteiger partial charge in [-0.05, 0) is 30.9 Å². The predicted octanol–water partition coefficient (Wildman–Crippen LogP) is 3.22. The number of hydrogen-bond donors (Lipinski definition) is 1. The van der Waals surface area contributed by atoms with E-state index in [9.17, 15) is 14.0 Å². The minimum Gasteiger partial charge on any atom is -0.479 e. The molecule has 1 saturated carbocycles. The van der Waals surface area contributed by atoms with Gasteiger partial charge in [-0.15, -0.1) is 0 Å². The molecule has 1 amide bonds. The summed E-state index contributed by atoms with van der Waals surface area (Å²) in [7, 11) is 0. The van der Waals surface area contributed by atoms with E-state index in [2.05, 4.69) is 0 Å². The van der Waals surface area contributed by atoms with Crippen molar-refractivity contribution in [3.05, 3.63) is 35.4 Å². The van der Waals surface area contributed by atoms with Crippen LogP contribution in [0, 0.1) is 6.92 Å². The highest BCUT2D eigenvalue weighted by Gasteiger charge is 2.51. The number of hydrogen-bond acceptors (Lipinski definition) is 2. The molecule has 3 rings (SSSR count). The first kappa shape index (κ1) is 16.9. The molecule has 5 heteroatoms. The molecule has 1 unspecified atom stereocenters. The summed E-state index contributed by atoms with van der Waals surface area (Å²) in [5, 5.41) is 9.09. The smallest absolute Gasteiger partial charge is 0.343 e. The number of alkyl halides is 1. The summed E-state index contributed by atoms with van der Waals surface area (Å²) < 4.78 is 14.4. The second kappa shape index (κ2) is 6.19. The van der Waals surface area contributed by atoms with Crippen LogP contribution in [0.2, 0.25) is 0 Å². The Hall–Kier alpha value is -1.91. The molecule has 1 aromatic rings. The second-order valence-electron chi connectivity index (χ2n) is 7.20. The van der Waals surface area contributed by atoms with Crippen LogP contribution >= 0.6 is 0 Å². The molecule has 1 aliphatic heterocycles. The van der Waals surface area contributed by atoms with Crippen molar-refractivity contribution >= 4 is 11.9 Å². The number of carboxylic acids is 1. The Bertz CT molecular complexity index is 654. The number of carbonyl (C=O) groups is 2. The zero-order valence-corrected chi connectivity index (χ0v) is 14.1. The number of aryl methyl sites for hydroxylation is 1. The molecule has 2 fully saturated rings. The summed E-state index contributed by atoms with van der Waals surface area (Å²) in [6, 6.07) is 7.88. The number of amides is 1. The van der Waals surface area contributed by atoms with Gasteiger partial charge in [0.05, 0.1) is 12.0 Å². The van der Waals surface area contributed by atoms with Gasteiger partial charge in [-0.2, -0.15) is 0 Å². The molecular formula is C19H24FNO3. The molecule has 1 heterocycles. The average molecular weight is 333 g/mol. The number of aliphatic carboxylic acids is 1. The molecule has 4 nitrogen and oxygen atoms in total. The highest BCUT2D eigenvalue weighted by atomic mass is 19.1. The topological polar surface area (TPSA) is 57.6 Å². The van der Waals surface area contributed by atoms with E-state index in [0.29, 0.717) is 0 Å². The van der Waals surface area contributed by atoms with Crippen molar-refractivity contribution in [1.82, 2.24) is 4.90 Å². The summed E-state index contributed by atoms with van der Waals surface area (Å²) in [5.41, 5.74) is -0.858. The highest BCUT2D eigenvalue weighted by Crippen LogP contribution is 2.43. The van der Waals surface area contributed by atoms with Crippen LogP contribution in [0.15, 0.2) is 24.3 Å². The van der Waals surface area contributed by atoms with Crippen molar-refractivity contribution in [2.45, 2.75) is 56.5 Å². The fraction of sp³-hybridized carbons (Fsp3) is 0.579. The minimum atomic E-state index is -2.31. The van der Waals surface area contributed by atoms with Gasteiger partial charge in [-0.1, -0.05) is 43.5 Å². The molecule has 1 atom stereocenters. The van der Waals surface area contributed by atoms with Crippen LogP contribution < -0.4 is 0 Å². The number of benzene rings is 1. The number of rotatable bonds is 3. The lowest BCUT2D eigenvalue weighted by Gasteiger charge is -2.40. The van der Waals surface area contributed by atoms with Crippen LogP contribution in [0.1, 0.15) is 49.7 Å². The summed E-state index contributed by atoms with van der Waals surface area (Å²) in [6.07, 6.45) is 4.40. The maximum atomic E-state index is 14.4. The van der Waals surface area contributed by atoms with Crippen molar-refractivity contribution in [3.63, 3.8) is 0 Å². The largest absolute Gasteiger partial charge is 0.479 e. The molecule has 1 saturated heterocycles. The number of likely N-dealkylation sites (tertiary alicyclic amines) is 1. The Kier molecular flexibility index (Phi) is 4.37. The van der Waals surface area contributed by atoms with Gasteiger partial charge in [-0.3, -0.25) is 4.79 Å². The van der Waals surface area contributed by atoms with Gasteiger partial charge in [0.2, 0.25) is 11.6 Å². The number of halogens is 1. The highest BCUT2D eigenvalue weighted by molar-refractivity contribution is 5.90. The Morgan fingerprint density at radius 3 is 2.38 bits per heavy atom. The fourth-order valence-corrected chi connectivity index (χ4v) is 4.29. The average Bonchev–Trinajstić information content (AvgIpc) is 2.99. The van der Waals surface area contributed by atoms with E-state index in [-0.39, 0.29) is 25.4 Å². The van der Waals surface area contributed by atoms with E-state index in [4.69, 9.17) is 5.11 Å². The molecule has 1 aromatic carbocycles. The predicted molar refractivity (Wildman–Crippen MR) is 88.6 cm³/mol. The lowest BCUT2D eigenvalue weighted by atomic mass is 9.67. The zero-order valence-electron chi connectivity index (χ0n) is 14.1. The van der Waals surface area contributed by atoms with E-state index in [1.165, 1.54) is 4.90 Å². The summed E-state index contributed by atoms with van der Waals surface area (Å²) in [5.74, 6) is -1.57. The normalized spacial score (nSPS) is 26.3. The molecule has 0 aromatic heterocycles. The van der Waals surface area contributed by atoms with Gasteiger partial charge in [0, 0.05) is 13.0 Å². The minimum absolute atomic E-state index is 0.0997. The first-order valence-corrected chi connectivity index (χ1v) is 8.67. The molecule has 24 heavy (non-hydrogen) atoms. The van der Waals surface area contributed by atoms with E-state index >= 15 is 0 Å². The number of carbonyl (C=O) groups excluding carboxylic acids is 1. The van der Waals surface area contributed by atoms with Crippen LogP contribution in [0.25, 0.3) is 0 Å². The maximum absolute atomic E-state index is 14.4. The third-order valence-electron chi connectivity index (χ3n) is 5.67. The van der Waals surface area contributed by atoms with Crippen LogP contribution in [-0.4, -0.2) is 40.6 Å². The third-order valence-corrected chi connectivity index (χ3v) is 5.67. The maximum Gasteiger partial charge on any atom is 0.343 e. The van der Waals surface area contributed by atoms with Gasteiger partial charge in [0.25, 0.3) is 0 Å². The molecule has 1 aliphatic carbocycles. The monoisotopic (exact) mass is 333 g/mol. The van der Waals surface area contributed by atoms with Gasteiger partial charge < -0.3 is 10.0 Å². The van der Waals surface area contributed by atoms with E-state index < -0.39 is 17.1 Å². The lowest BCUT2D eigenvalue weighted by molar-refractivity contribution is -0.150. The molecule has 2 aliphatic rings. The first-order chi connectivity index (χ1) is 11.4. The van der Waals surface area contributed by atoms with Crippen LogP contribution in [-0.2, 0) is 15.0 Å². The summed E-state index contributed by atoms with van der Waals surface area (Å²) in [4.78, 5) is 25.9. The lowest BCUT2D eigenvalue weighted by Crippen LogP contribution is -2.49. The van der Waals surface area contributed by atoms with Gasteiger partial charge in [0.1, 0.15) is 0 Å². The molecular weight excluding hydrogens is 309 g/mol. The molecule has 0 spiro atoms. The molecule has 1 N–H and O–H groups in total. The van der Waals surface area contributed by atoms with Crippen molar-refractivity contribution in [2.24, 2.45) is 0 Å². The summed E-state index contributed by atoms with van der Waals surface area (Å²) in [6.45, 7) is 1.84. The van der Waals surface area contributed by atoms with Gasteiger partial charge in [-0.25, -0.2) is 9.18 Å². The Labute approximate surface area is 141 Å². The SMILES string of the molecule is Cc1ccccc1C1(C(=O)N2CCC(F)(C(=O)O)C2)CCCCC1. The van der Waals surface area contributed by atoms with E-state index in [1.807, 2.05) is 31.2 Å². The van der Waals surface area contributed by atoms with Crippen molar-refractivity contribution in [2.75, 3.05) is 13.1 Å². The zero-order chi connectivity index (χ0) is 17.4. The second-order valence-corrected chi connectivity index (χ2v) is 7.20. The number of nitrogens with zero attached hydrogens (tertiary/aromatic N) is 1. The third kappa shape index (κ3) is 2.70. The van der Waals surface area contributed by atoms with Crippen LogP contribution in [0.3, 0.4) is 0 Å². The fourth-order valence-electron chi connectivity index (χ4n) is 4.29. The standard InChI is InChI=1S/C19H24FNO3/c1-14-7-3-4-8-15(14)18(9-5-2-6-10-18)16(22)21-12-11-19(20,13-21)17(23)24/h3-4,7-8H,2,5-6,9-13H2,1H3,(H,23,24). The van der Waals surface area contributed by atoms with Crippen LogP contribution in [0.4, 0.5) is 4.39 Å². The Morgan fingerprint density at radius 2 is 1.79 bits per heavy atom. The molecule has 130 valence electrons. The van der Waals surface area contributed by atoms with Crippen LogP contribution in [0.5, 0.6) is 0 Å². The quantitative estimate of drug-likeness (QED) is 0.924. The van der Waals surface area contributed by atoms with E-state index in [0.717, 1.165) is 43.2 Å². The Balaban J connectivity index is 1.94. The number of carboxylic acid groups (broad SMARTS) is 1. The summed E-state index contributed by atoms with van der Waals surface area (Å²) >= 11 is 0. The van der Waals surface area contributed by atoms with Crippen molar-refractivity contribution in [1.29, 1.82) is 0 Å². The molecule has 0 radical (unpaired) electrons. The van der Waals surface area contributed by atoms with E-state index in [1.54, 1.807) is 0 Å². The Morgan fingerprint density at radius 1 is 1.12 bits per heavy atom. The first-order valence-electron chi connectivity index (χ1n) is 8.67. The van der Waals surface area contributed by atoms with Gasteiger partial charge in [0.15, 0.2) is 0 Å². The van der Waals surface area contributed by atoms with Crippen molar-refractivity contribution < 1.29 is 19.1 Å². The van der Waals surface area contributed by atoms with Gasteiger partial charge >= 0.3 is 5.97 Å². The molecule has 0 bridgehead atoms.